The molecule has 134 valence electrons. The van der Waals surface area contributed by atoms with Crippen molar-refractivity contribution in [3.63, 3.8) is 0 Å². The molecule has 5 nitrogen and oxygen atoms in total. The zero-order valence-electron chi connectivity index (χ0n) is 15.1. The maximum atomic E-state index is 13.7. The van der Waals surface area contributed by atoms with Gasteiger partial charge in [0.15, 0.2) is 11.6 Å². The van der Waals surface area contributed by atoms with Crippen molar-refractivity contribution in [2.45, 2.75) is 40.2 Å². The fourth-order valence-corrected chi connectivity index (χ4v) is 2.07. The molecule has 0 aliphatic rings. The van der Waals surface area contributed by atoms with Gasteiger partial charge in [0.25, 0.3) is 0 Å². The van der Waals surface area contributed by atoms with E-state index < -0.39 is 11.2 Å². The molecule has 0 aliphatic heterocycles. The second-order valence-electron chi connectivity index (χ2n) is 6.83. The normalized spacial score (nSPS) is 11.1. The Bertz CT molecular complexity index is 582. The van der Waals surface area contributed by atoms with Crippen molar-refractivity contribution in [2.75, 3.05) is 20.7 Å². The highest BCUT2D eigenvalue weighted by Gasteiger charge is 2.20. The van der Waals surface area contributed by atoms with Crippen LogP contribution in [0.2, 0.25) is 0 Å². The molecule has 0 atom stereocenters. The number of hydrogen-bond acceptors (Lipinski definition) is 3. The fourth-order valence-electron chi connectivity index (χ4n) is 2.07. The van der Waals surface area contributed by atoms with Crippen LogP contribution in [0, 0.1) is 11.2 Å². The van der Waals surface area contributed by atoms with Gasteiger partial charge in [0.05, 0.1) is 7.11 Å². The van der Waals surface area contributed by atoms with E-state index in [0.29, 0.717) is 31.5 Å². The van der Waals surface area contributed by atoms with Crippen LogP contribution < -0.4 is 10.1 Å². The molecule has 1 N–H and O–H groups in total. The Morgan fingerprint density at radius 3 is 2.50 bits per heavy atom. The molecule has 0 spiro atoms. The van der Waals surface area contributed by atoms with Gasteiger partial charge in [-0.25, -0.2) is 4.39 Å². The molecule has 0 bridgehead atoms. The smallest absolute Gasteiger partial charge is 0.225 e. The molecule has 0 unspecified atom stereocenters. The third-order valence-electron chi connectivity index (χ3n) is 3.60. The number of ether oxygens (including phenoxy) is 1. The van der Waals surface area contributed by atoms with Gasteiger partial charge in [-0.05, 0) is 24.1 Å². The van der Waals surface area contributed by atoms with Gasteiger partial charge in [0.1, 0.15) is 0 Å². The van der Waals surface area contributed by atoms with E-state index in [0.717, 1.165) is 0 Å². The predicted octanol–water partition coefficient (Wildman–Crippen LogP) is 2.74. The molecular formula is C18H27FN2O3. The third-order valence-corrected chi connectivity index (χ3v) is 3.60. The van der Waals surface area contributed by atoms with Crippen molar-refractivity contribution in [1.82, 2.24) is 10.2 Å². The zero-order valence-corrected chi connectivity index (χ0v) is 15.1. The van der Waals surface area contributed by atoms with Crippen molar-refractivity contribution in [3.05, 3.63) is 29.6 Å². The third kappa shape index (κ3) is 6.18. The minimum atomic E-state index is -0.444. The predicted molar refractivity (Wildman–Crippen MR) is 91.1 cm³/mol. The lowest BCUT2D eigenvalue weighted by Crippen LogP contribution is -2.35. The molecule has 1 aromatic carbocycles. The standard InChI is InChI=1S/C18H27FN2O3/c1-18(2,3)17(23)20-10-6-7-16(22)21(4)12-13-8-9-15(24-5)14(19)11-13/h8-9,11H,6-7,10,12H2,1-5H3,(H,20,23). The highest BCUT2D eigenvalue weighted by molar-refractivity contribution is 5.81. The number of halogens is 1. The first-order valence-electron chi connectivity index (χ1n) is 8.00. The summed E-state index contributed by atoms with van der Waals surface area (Å²) in [6.45, 7) is 6.32. The van der Waals surface area contributed by atoms with Crippen molar-refractivity contribution in [3.8, 4) is 5.75 Å². The lowest BCUT2D eigenvalue weighted by molar-refractivity contribution is -0.131. The van der Waals surface area contributed by atoms with Gasteiger partial charge in [0.2, 0.25) is 11.8 Å². The van der Waals surface area contributed by atoms with E-state index in [1.54, 1.807) is 24.1 Å². The number of benzene rings is 1. The van der Waals surface area contributed by atoms with Crippen LogP contribution in [0.15, 0.2) is 18.2 Å². The molecule has 0 aliphatic carbocycles. The van der Waals surface area contributed by atoms with Crippen LogP contribution in [0.1, 0.15) is 39.2 Å². The largest absolute Gasteiger partial charge is 0.494 e. The maximum absolute atomic E-state index is 13.7. The summed E-state index contributed by atoms with van der Waals surface area (Å²) in [5, 5.41) is 2.81. The number of rotatable bonds is 7. The van der Waals surface area contributed by atoms with Crippen molar-refractivity contribution >= 4 is 11.8 Å². The first-order chi connectivity index (χ1) is 11.1. The molecule has 0 heterocycles. The van der Waals surface area contributed by atoms with E-state index >= 15 is 0 Å². The monoisotopic (exact) mass is 338 g/mol. The zero-order chi connectivity index (χ0) is 18.3. The second-order valence-corrected chi connectivity index (χ2v) is 6.83. The molecule has 0 saturated heterocycles. The minimum absolute atomic E-state index is 0.0305. The van der Waals surface area contributed by atoms with Crippen LogP contribution in [-0.4, -0.2) is 37.4 Å². The summed E-state index contributed by atoms with van der Waals surface area (Å²) >= 11 is 0. The molecule has 0 saturated carbocycles. The highest BCUT2D eigenvalue weighted by Crippen LogP contribution is 2.18. The summed E-state index contributed by atoms with van der Waals surface area (Å²) in [5.74, 6) is -0.337. The number of carbonyl (C=O) groups excluding carboxylic acids is 2. The van der Waals surface area contributed by atoms with Gasteiger partial charge < -0.3 is 15.0 Å². The summed E-state index contributed by atoms with van der Waals surface area (Å²) in [7, 11) is 3.09. The summed E-state index contributed by atoms with van der Waals surface area (Å²) in [4.78, 5) is 25.4. The fraction of sp³-hybridized carbons (Fsp3) is 0.556. The van der Waals surface area contributed by atoms with Gasteiger partial charge in [0, 0.05) is 32.0 Å². The number of nitrogens with one attached hydrogen (secondary N) is 1. The average Bonchev–Trinajstić information content (AvgIpc) is 2.50. The minimum Gasteiger partial charge on any atom is -0.494 e. The first kappa shape index (κ1) is 19.9. The van der Waals surface area contributed by atoms with Gasteiger partial charge in [-0.15, -0.1) is 0 Å². The average molecular weight is 338 g/mol. The molecule has 1 rings (SSSR count). The Kier molecular flexibility index (Phi) is 7.19. The second kappa shape index (κ2) is 8.66. The van der Waals surface area contributed by atoms with Gasteiger partial charge in [-0.2, -0.15) is 0 Å². The van der Waals surface area contributed by atoms with Crippen LogP contribution in [0.3, 0.4) is 0 Å². The van der Waals surface area contributed by atoms with Gasteiger partial charge in [-0.3, -0.25) is 9.59 Å². The van der Waals surface area contributed by atoms with E-state index in [1.807, 2.05) is 20.8 Å². The topological polar surface area (TPSA) is 58.6 Å². The maximum Gasteiger partial charge on any atom is 0.225 e. The number of carbonyl (C=O) groups is 2. The Labute approximate surface area is 143 Å². The van der Waals surface area contributed by atoms with Crippen LogP contribution in [-0.2, 0) is 16.1 Å². The van der Waals surface area contributed by atoms with E-state index in [4.69, 9.17) is 4.74 Å². The van der Waals surface area contributed by atoms with E-state index in [2.05, 4.69) is 5.32 Å². The molecule has 0 aromatic heterocycles. The molecular weight excluding hydrogens is 311 g/mol. The summed E-state index contributed by atoms with van der Waals surface area (Å²) < 4.78 is 18.5. The number of nitrogens with zero attached hydrogens (tertiary/aromatic N) is 1. The van der Waals surface area contributed by atoms with Gasteiger partial charge >= 0.3 is 0 Å². The molecule has 6 heteroatoms. The number of amides is 2. The van der Waals surface area contributed by atoms with Crippen molar-refractivity contribution in [1.29, 1.82) is 0 Å². The molecule has 2 amide bonds. The Morgan fingerprint density at radius 2 is 1.96 bits per heavy atom. The Hall–Kier alpha value is -2.11. The van der Waals surface area contributed by atoms with Crippen LogP contribution in [0.5, 0.6) is 5.75 Å². The highest BCUT2D eigenvalue weighted by atomic mass is 19.1. The summed E-state index contributed by atoms with van der Waals surface area (Å²) in [6, 6.07) is 4.65. The SMILES string of the molecule is COc1ccc(CN(C)C(=O)CCCNC(=O)C(C)(C)C)cc1F. The number of hydrogen-bond donors (Lipinski definition) is 1. The number of methoxy groups -OCH3 is 1. The lowest BCUT2D eigenvalue weighted by atomic mass is 9.96. The van der Waals surface area contributed by atoms with Crippen LogP contribution in [0.25, 0.3) is 0 Å². The van der Waals surface area contributed by atoms with Gasteiger partial charge in [-0.1, -0.05) is 26.8 Å². The quantitative estimate of drug-likeness (QED) is 0.778. The van der Waals surface area contributed by atoms with Crippen LogP contribution in [0.4, 0.5) is 4.39 Å². The molecule has 0 radical (unpaired) electrons. The molecule has 0 fully saturated rings. The first-order valence-corrected chi connectivity index (χ1v) is 8.00. The Morgan fingerprint density at radius 1 is 1.29 bits per heavy atom. The van der Waals surface area contributed by atoms with E-state index in [1.165, 1.54) is 13.2 Å². The van der Waals surface area contributed by atoms with E-state index in [9.17, 15) is 14.0 Å². The van der Waals surface area contributed by atoms with Crippen molar-refractivity contribution in [2.24, 2.45) is 5.41 Å². The summed E-state index contributed by atoms with van der Waals surface area (Å²) in [5.41, 5.74) is 0.268. The van der Waals surface area contributed by atoms with Crippen LogP contribution >= 0.6 is 0 Å². The lowest BCUT2D eigenvalue weighted by Gasteiger charge is -2.19. The molecule has 1 aromatic rings. The van der Waals surface area contributed by atoms with Crippen molar-refractivity contribution < 1.29 is 18.7 Å². The summed E-state index contributed by atoms with van der Waals surface area (Å²) in [6.07, 6.45) is 0.904. The molecule has 24 heavy (non-hydrogen) atoms. The van der Waals surface area contributed by atoms with E-state index in [-0.39, 0.29) is 17.6 Å². The Balaban J connectivity index is 2.40.